The smallest absolute Gasteiger partial charge is 0.234 e. The molecular weight excluding hydrogens is 428 g/mol. The van der Waals surface area contributed by atoms with E-state index in [9.17, 15) is 4.79 Å². The summed E-state index contributed by atoms with van der Waals surface area (Å²) < 4.78 is 2.67. The molecule has 1 fully saturated rings. The number of benzene rings is 1. The molecule has 0 spiro atoms. The Morgan fingerprint density at radius 1 is 1.13 bits per heavy atom. The quantitative estimate of drug-likeness (QED) is 0.480. The topological polar surface area (TPSA) is 84.7 Å². The van der Waals surface area contributed by atoms with E-state index in [4.69, 9.17) is 0 Å². The maximum Gasteiger partial charge on any atom is 0.234 e. The summed E-state index contributed by atoms with van der Waals surface area (Å²) in [5.41, 5.74) is 4.65. The van der Waals surface area contributed by atoms with Crippen molar-refractivity contribution in [3.8, 4) is 5.69 Å². The fraction of sp³-hybridized carbons (Fsp3) is 0.455. The van der Waals surface area contributed by atoms with E-state index in [1.807, 2.05) is 30.7 Å². The minimum Gasteiger partial charge on any atom is -0.357 e. The number of thioether (sulfide) groups is 1. The number of hydrogen-bond donors (Lipinski definition) is 2. The molecule has 0 bridgehead atoms. The fourth-order valence-corrected chi connectivity index (χ4v) is 5.44. The predicted molar refractivity (Wildman–Crippen MR) is 128 cm³/mol. The van der Waals surface area contributed by atoms with Gasteiger partial charge in [-0.25, -0.2) is 4.68 Å². The molecule has 4 rings (SSSR count). The van der Waals surface area contributed by atoms with Crippen molar-refractivity contribution in [1.82, 2.24) is 20.0 Å². The number of aromatic nitrogens is 4. The van der Waals surface area contributed by atoms with Crippen LogP contribution in [-0.4, -0.2) is 37.7 Å². The minimum atomic E-state index is -0.0726. The van der Waals surface area contributed by atoms with Crippen molar-refractivity contribution in [3.05, 3.63) is 41.2 Å². The molecule has 3 aromatic rings. The fourth-order valence-electron chi connectivity index (χ4n) is 3.81. The van der Waals surface area contributed by atoms with Crippen molar-refractivity contribution >= 4 is 39.8 Å². The van der Waals surface area contributed by atoms with Gasteiger partial charge in [-0.1, -0.05) is 60.1 Å². The maximum atomic E-state index is 12.6. The molecule has 0 aliphatic heterocycles. The summed E-state index contributed by atoms with van der Waals surface area (Å²) in [4.78, 5) is 12.6. The molecule has 31 heavy (non-hydrogen) atoms. The number of carbonyl (C=O) groups is 1. The Balaban J connectivity index is 1.33. The van der Waals surface area contributed by atoms with Crippen LogP contribution in [-0.2, 0) is 4.79 Å². The van der Waals surface area contributed by atoms with Crippen molar-refractivity contribution in [2.45, 2.75) is 63.3 Å². The number of nitrogens with one attached hydrogen (secondary N) is 2. The third-order valence-electron chi connectivity index (χ3n) is 5.50. The van der Waals surface area contributed by atoms with Crippen LogP contribution in [0, 0.1) is 20.8 Å². The second-order valence-corrected chi connectivity index (χ2v) is 10.2. The SMILES string of the molecule is Cc1ccc(-n2nc(C)c(NC(=O)CSc3nnc(NC4CCCCC4)s3)c2C)cc1. The van der Waals surface area contributed by atoms with E-state index in [-0.39, 0.29) is 11.7 Å². The molecule has 7 nitrogen and oxygen atoms in total. The van der Waals surface area contributed by atoms with E-state index in [0.717, 1.165) is 32.2 Å². The molecule has 2 N–H and O–H groups in total. The molecule has 9 heteroatoms. The van der Waals surface area contributed by atoms with Crippen molar-refractivity contribution in [2.24, 2.45) is 0 Å². The lowest BCUT2D eigenvalue weighted by Gasteiger charge is -2.21. The van der Waals surface area contributed by atoms with Gasteiger partial charge in [0.15, 0.2) is 4.34 Å². The van der Waals surface area contributed by atoms with Gasteiger partial charge < -0.3 is 10.6 Å². The van der Waals surface area contributed by atoms with Gasteiger partial charge in [0.05, 0.1) is 28.5 Å². The summed E-state index contributed by atoms with van der Waals surface area (Å²) in [6.45, 7) is 5.94. The van der Waals surface area contributed by atoms with Gasteiger partial charge in [-0.3, -0.25) is 4.79 Å². The molecule has 164 valence electrons. The van der Waals surface area contributed by atoms with Crippen LogP contribution in [0.5, 0.6) is 0 Å². The number of aryl methyl sites for hydroxylation is 2. The highest BCUT2D eigenvalue weighted by Crippen LogP contribution is 2.29. The van der Waals surface area contributed by atoms with Crippen LogP contribution in [0.15, 0.2) is 28.6 Å². The zero-order valence-corrected chi connectivity index (χ0v) is 19.8. The van der Waals surface area contributed by atoms with Crippen LogP contribution < -0.4 is 10.6 Å². The third-order valence-corrected chi connectivity index (χ3v) is 7.49. The van der Waals surface area contributed by atoms with Gasteiger partial charge >= 0.3 is 0 Å². The van der Waals surface area contributed by atoms with E-state index in [2.05, 4.69) is 45.0 Å². The lowest BCUT2D eigenvalue weighted by atomic mass is 9.96. The second kappa shape index (κ2) is 9.82. The van der Waals surface area contributed by atoms with Crippen LogP contribution in [0.25, 0.3) is 5.69 Å². The molecule has 1 aliphatic rings. The summed E-state index contributed by atoms with van der Waals surface area (Å²) >= 11 is 2.93. The van der Waals surface area contributed by atoms with Gasteiger partial charge in [-0.05, 0) is 45.7 Å². The first-order valence-electron chi connectivity index (χ1n) is 10.7. The van der Waals surface area contributed by atoms with E-state index in [1.54, 1.807) is 0 Å². The average Bonchev–Trinajstić information content (AvgIpc) is 3.33. The summed E-state index contributed by atoms with van der Waals surface area (Å²) in [5.74, 6) is 0.212. The first-order chi connectivity index (χ1) is 15.0. The van der Waals surface area contributed by atoms with Gasteiger partial charge in [0, 0.05) is 6.04 Å². The van der Waals surface area contributed by atoms with E-state index < -0.39 is 0 Å². The molecular formula is C22H28N6OS2. The first-order valence-corrected chi connectivity index (χ1v) is 12.5. The summed E-state index contributed by atoms with van der Waals surface area (Å²) in [5, 5.41) is 20.4. The third kappa shape index (κ3) is 5.46. The highest BCUT2D eigenvalue weighted by Gasteiger charge is 2.17. The van der Waals surface area contributed by atoms with Gasteiger partial charge in [0.1, 0.15) is 0 Å². The highest BCUT2D eigenvalue weighted by atomic mass is 32.2. The van der Waals surface area contributed by atoms with Gasteiger partial charge in [-0.15, -0.1) is 10.2 Å². The van der Waals surface area contributed by atoms with Crippen LogP contribution in [0.3, 0.4) is 0 Å². The molecule has 1 aromatic carbocycles. The molecule has 1 amide bonds. The standard InChI is InChI=1S/C22H28N6OS2/c1-14-9-11-18(12-10-14)28-16(3)20(15(2)27-28)24-19(29)13-30-22-26-25-21(31-22)23-17-7-5-4-6-8-17/h9-12,17H,4-8,13H2,1-3H3,(H,23,25)(H,24,29). The minimum absolute atomic E-state index is 0.0726. The molecule has 2 heterocycles. The molecule has 0 unspecified atom stereocenters. The van der Waals surface area contributed by atoms with Gasteiger partial charge in [0.25, 0.3) is 0 Å². The highest BCUT2D eigenvalue weighted by molar-refractivity contribution is 8.01. The van der Waals surface area contributed by atoms with Crippen molar-refractivity contribution in [2.75, 3.05) is 16.4 Å². The normalized spacial score (nSPS) is 14.5. The first kappa shape index (κ1) is 21.8. The van der Waals surface area contributed by atoms with Crippen LogP contribution in [0.4, 0.5) is 10.8 Å². The Hall–Kier alpha value is -2.39. The Morgan fingerprint density at radius 3 is 2.61 bits per heavy atom. The van der Waals surface area contributed by atoms with Crippen molar-refractivity contribution in [1.29, 1.82) is 0 Å². The van der Waals surface area contributed by atoms with Gasteiger partial charge in [0.2, 0.25) is 11.0 Å². The Morgan fingerprint density at radius 2 is 1.87 bits per heavy atom. The predicted octanol–water partition coefficient (Wildman–Crippen LogP) is 5.12. The second-order valence-electron chi connectivity index (χ2n) is 7.98. The van der Waals surface area contributed by atoms with E-state index >= 15 is 0 Å². The number of carbonyl (C=O) groups excluding carboxylic acids is 1. The lowest BCUT2D eigenvalue weighted by Crippen LogP contribution is -2.21. The molecule has 0 saturated heterocycles. The largest absolute Gasteiger partial charge is 0.357 e. The molecule has 1 aliphatic carbocycles. The Bertz CT molecular complexity index is 1040. The Kier molecular flexibility index (Phi) is 6.92. The number of hydrogen-bond acceptors (Lipinski definition) is 7. The molecule has 1 saturated carbocycles. The summed E-state index contributed by atoms with van der Waals surface area (Å²) in [6.07, 6.45) is 6.27. The zero-order valence-electron chi connectivity index (χ0n) is 18.1. The Labute approximate surface area is 191 Å². The lowest BCUT2D eigenvalue weighted by molar-refractivity contribution is -0.113. The van der Waals surface area contributed by atoms with Crippen molar-refractivity contribution in [3.63, 3.8) is 0 Å². The zero-order chi connectivity index (χ0) is 21.8. The van der Waals surface area contributed by atoms with E-state index in [1.165, 1.54) is 60.8 Å². The average molecular weight is 457 g/mol. The number of nitrogens with zero attached hydrogens (tertiary/aromatic N) is 4. The van der Waals surface area contributed by atoms with Crippen LogP contribution >= 0.6 is 23.1 Å². The molecule has 0 radical (unpaired) electrons. The molecule has 2 aromatic heterocycles. The molecule has 0 atom stereocenters. The van der Waals surface area contributed by atoms with Gasteiger partial charge in [-0.2, -0.15) is 5.10 Å². The monoisotopic (exact) mass is 456 g/mol. The maximum absolute atomic E-state index is 12.6. The van der Waals surface area contributed by atoms with E-state index in [0.29, 0.717) is 6.04 Å². The van der Waals surface area contributed by atoms with Crippen LogP contribution in [0.2, 0.25) is 0 Å². The summed E-state index contributed by atoms with van der Waals surface area (Å²) in [6, 6.07) is 8.68. The van der Waals surface area contributed by atoms with Crippen LogP contribution in [0.1, 0.15) is 49.1 Å². The number of amides is 1. The summed E-state index contributed by atoms with van der Waals surface area (Å²) in [7, 11) is 0. The number of rotatable bonds is 7. The van der Waals surface area contributed by atoms with Crippen molar-refractivity contribution < 1.29 is 4.79 Å². The number of anilines is 2.